The molecule has 5 atom stereocenters. The Hall–Kier alpha value is -3.94. The molecule has 5 rings (SSSR count). The molecule has 0 saturated carbocycles. The first-order chi connectivity index (χ1) is 19.4. The number of carbonyl (C=O) groups is 2. The Morgan fingerprint density at radius 1 is 0.850 bits per heavy atom. The molecule has 1 unspecified atom stereocenters. The van der Waals surface area contributed by atoms with Gasteiger partial charge in [-0.1, -0.05) is 86.7 Å². The van der Waals surface area contributed by atoms with Crippen molar-refractivity contribution in [1.82, 2.24) is 10.2 Å². The van der Waals surface area contributed by atoms with Crippen molar-refractivity contribution >= 4 is 11.9 Å². The number of amides is 1. The first kappa shape index (κ1) is 27.6. The van der Waals surface area contributed by atoms with Crippen molar-refractivity contribution in [2.75, 3.05) is 7.11 Å². The van der Waals surface area contributed by atoms with E-state index in [1.807, 2.05) is 111 Å². The Bertz CT molecular complexity index is 1310. The molecule has 2 aliphatic heterocycles. The lowest BCUT2D eigenvalue weighted by molar-refractivity contribution is -0.150. The molecule has 2 bridgehead atoms. The maximum Gasteiger partial charge on any atom is 0.313 e. The summed E-state index contributed by atoms with van der Waals surface area (Å²) >= 11 is 0. The van der Waals surface area contributed by atoms with E-state index in [1.165, 1.54) is 7.11 Å². The van der Waals surface area contributed by atoms with Crippen LogP contribution in [0.25, 0.3) is 0 Å². The van der Waals surface area contributed by atoms with E-state index in [0.29, 0.717) is 13.1 Å². The third-order valence-corrected chi connectivity index (χ3v) is 7.55. The molecule has 7 heteroatoms. The van der Waals surface area contributed by atoms with Crippen LogP contribution in [0.3, 0.4) is 0 Å². The maximum atomic E-state index is 13.9. The Morgan fingerprint density at radius 2 is 1.48 bits per heavy atom. The van der Waals surface area contributed by atoms with E-state index < -0.39 is 12.0 Å². The number of fused-ring (bicyclic) bond motifs is 2. The van der Waals surface area contributed by atoms with Crippen LogP contribution in [0.2, 0.25) is 0 Å². The van der Waals surface area contributed by atoms with Crippen LogP contribution in [0.4, 0.5) is 0 Å². The smallest absolute Gasteiger partial charge is 0.313 e. The number of hydrogen-bond acceptors (Lipinski definition) is 6. The zero-order valence-electron chi connectivity index (χ0n) is 23.1. The molecule has 1 amide bonds. The topological polar surface area (TPSA) is 77.1 Å². The minimum absolute atomic E-state index is 0.0215. The van der Waals surface area contributed by atoms with Crippen LogP contribution in [0.1, 0.15) is 25.0 Å². The Labute approximate surface area is 235 Å². The molecule has 7 nitrogen and oxygen atoms in total. The van der Waals surface area contributed by atoms with Gasteiger partial charge < -0.3 is 19.5 Å². The fourth-order valence-electron chi connectivity index (χ4n) is 5.71. The number of para-hydroxylation sites is 1. The van der Waals surface area contributed by atoms with Gasteiger partial charge in [0.15, 0.2) is 0 Å². The van der Waals surface area contributed by atoms with Gasteiger partial charge in [-0.15, -0.1) is 0 Å². The van der Waals surface area contributed by atoms with E-state index in [2.05, 4.69) is 10.2 Å². The number of methoxy groups -OCH3 is 1. The average Bonchev–Trinajstić information content (AvgIpc) is 3.59. The summed E-state index contributed by atoms with van der Waals surface area (Å²) < 4.78 is 17.2. The highest BCUT2D eigenvalue weighted by Crippen LogP contribution is 2.40. The first-order valence-corrected chi connectivity index (χ1v) is 13.8. The van der Waals surface area contributed by atoms with E-state index in [1.54, 1.807) is 0 Å². The molecule has 1 N–H and O–H groups in total. The van der Waals surface area contributed by atoms with Crippen LogP contribution >= 0.6 is 0 Å². The minimum Gasteiger partial charge on any atom is -0.469 e. The molecular formula is C33H36N2O5. The molecule has 0 spiro atoms. The minimum atomic E-state index is -0.505. The third kappa shape index (κ3) is 6.11. The summed E-state index contributed by atoms with van der Waals surface area (Å²) in [6.07, 6.45) is 3.29. The van der Waals surface area contributed by atoms with Gasteiger partial charge in [-0.3, -0.25) is 14.5 Å². The highest BCUT2D eigenvalue weighted by atomic mass is 16.5. The van der Waals surface area contributed by atoms with Crippen LogP contribution < -0.4 is 10.1 Å². The molecule has 0 aromatic heterocycles. The molecule has 1 saturated heterocycles. The largest absolute Gasteiger partial charge is 0.469 e. The number of nitrogens with zero attached hydrogens (tertiary/aromatic N) is 1. The number of ether oxygens (including phenoxy) is 3. The molecule has 3 aromatic rings. The fourth-order valence-corrected chi connectivity index (χ4v) is 5.71. The van der Waals surface area contributed by atoms with E-state index in [9.17, 15) is 9.59 Å². The zero-order chi connectivity index (χ0) is 28.1. The van der Waals surface area contributed by atoms with Crippen LogP contribution in [0.15, 0.2) is 97.1 Å². The number of benzene rings is 3. The molecule has 2 heterocycles. The SMILES string of the molecule is COC(=O)[C@H]1[C@H](N(Cc2ccccc2)C(C(=O)NCc2ccc(Oc3ccccc3)cc2)C(C)C)[C@@H]2C=C[C@H]1O2. The zero-order valence-corrected chi connectivity index (χ0v) is 23.1. The molecule has 0 radical (unpaired) electrons. The summed E-state index contributed by atoms with van der Waals surface area (Å²) in [7, 11) is 1.40. The normalized spacial score (nSPS) is 21.9. The fraction of sp³-hybridized carbons (Fsp3) is 0.333. The van der Waals surface area contributed by atoms with Crippen molar-refractivity contribution in [3.63, 3.8) is 0 Å². The van der Waals surface area contributed by atoms with Crippen LogP contribution in [0, 0.1) is 11.8 Å². The van der Waals surface area contributed by atoms with Crippen LogP contribution in [-0.2, 0) is 32.2 Å². The van der Waals surface area contributed by atoms with E-state index in [0.717, 1.165) is 22.6 Å². The number of rotatable bonds is 11. The van der Waals surface area contributed by atoms with Gasteiger partial charge in [-0.25, -0.2) is 0 Å². The maximum absolute atomic E-state index is 13.9. The predicted molar refractivity (Wildman–Crippen MR) is 153 cm³/mol. The van der Waals surface area contributed by atoms with Crippen molar-refractivity contribution in [3.8, 4) is 11.5 Å². The molecule has 1 fully saturated rings. The predicted octanol–water partition coefficient (Wildman–Crippen LogP) is 5.12. The number of esters is 1. The summed E-state index contributed by atoms with van der Waals surface area (Å²) in [5.41, 5.74) is 2.02. The Balaban J connectivity index is 1.34. The van der Waals surface area contributed by atoms with Gasteiger partial charge in [0.25, 0.3) is 0 Å². The van der Waals surface area contributed by atoms with Gasteiger partial charge in [0, 0.05) is 13.1 Å². The van der Waals surface area contributed by atoms with Crippen LogP contribution in [-0.4, -0.2) is 48.2 Å². The lowest BCUT2D eigenvalue weighted by Crippen LogP contribution is -2.58. The number of carbonyl (C=O) groups excluding carboxylic acids is 2. The molecule has 208 valence electrons. The molecule has 3 aromatic carbocycles. The van der Waals surface area contributed by atoms with Gasteiger partial charge in [0.05, 0.1) is 31.4 Å². The van der Waals surface area contributed by atoms with E-state index in [-0.39, 0.29) is 36.0 Å². The summed E-state index contributed by atoms with van der Waals surface area (Å²) in [6, 6.07) is 26.5. The quantitative estimate of drug-likeness (QED) is 0.269. The first-order valence-electron chi connectivity index (χ1n) is 13.8. The second kappa shape index (κ2) is 12.5. The summed E-state index contributed by atoms with van der Waals surface area (Å²) in [5, 5.41) is 3.14. The summed E-state index contributed by atoms with van der Waals surface area (Å²) in [5.74, 6) is 0.563. The lowest BCUT2D eigenvalue weighted by atomic mass is 9.85. The summed E-state index contributed by atoms with van der Waals surface area (Å²) in [4.78, 5) is 28.9. The monoisotopic (exact) mass is 540 g/mol. The third-order valence-electron chi connectivity index (χ3n) is 7.55. The molecule has 0 aliphatic carbocycles. The van der Waals surface area contributed by atoms with Crippen molar-refractivity contribution in [2.24, 2.45) is 11.8 Å². The average molecular weight is 541 g/mol. The second-order valence-electron chi connectivity index (χ2n) is 10.6. The van der Waals surface area contributed by atoms with Crippen LogP contribution in [0.5, 0.6) is 11.5 Å². The van der Waals surface area contributed by atoms with Crippen molar-refractivity contribution in [1.29, 1.82) is 0 Å². The van der Waals surface area contributed by atoms with Crippen molar-refractivity contribution in [2.45, 2.75) is 51.2 Å². The van der Waals surface area contributed by atoms with Gasteiger partial charge in [-0.05, 0) is 41.3 Å². The van der Waals surface area contributed by atoms with Crippen molar-refractivity contribution < 1.29 is 23.8 Å². The van der Waals surface area contributed by atoms with Crippen molar-refractivity contribution in [3.05, 3.63) is 108 Å². The highest BCUT2D eigenvalue weighted by Gasteiger charge is 2.54. The number of nitrogens with one attached hydrogen (secondary N) is 1. The van der Waals surface area contributed by atoms with Gasteiger partial charge in [-0.2, -0.15) is 0 Å². The lowest BCUT2D eigenvalue weighted by Gasteiger charge is -2.41. The van der Waals surface area contributed by atoms with Gasteiger partial charge >= 0.3 is 5.97 Å². The van der Waals surface area contributed by atoms with E-state index in [4.69, 9.17) is 14.2 Å². The number of hydrogen-bond donors (Lipinski definition) is 1. The highest BCUT2D eigenvalue weighted by molar-refractivity contribution is 5.82. The summed E-state index contributed by atoms with van der Waals surface area (Å²) in [6.45, 7) is 4.95. The Kier molecular flexibility index (Phi) is 8.63. The van der Waals surface area contributed by atoms with Gasteiger partial charge in [0.1, 0.15) is 17.4 Å². The van der Waals surface area contributed by atoms with E-state index >= 15 is 0 Å². The molecular weight excluding hydrogens is 504 g/mol. The molecule has 40 heavy (non-hydrogen) atoms. The second-order valence-corrected chi connectivity index (χ2v) is 10.6. The standard InChI is InChI=1S/C33H36N2O5/c1-22(2)30(32(36)34-20-23-14-16-26(17-15-23)39-25-12-8-5-9-13-25)35(21-24-10-6-4-7-11-24)31-28-19-18-27(40-28)29(31)33(37)38-3/h4-19,22,27-31H,20-21H2,1-3H3,(H,34,36)/t27-,28+,29-,30?,31-/m1/s1. The Morgan fingerprint density at radius 3 is 2.12 bits per heavy atom. The van der Waals surface area contributed by atoms with Gasteiger partial charge in [0.2, 0.25) is 5.91 Å². The molecule has 2 aliphatic rings.